The molecule has 68 valence electrons. The number of nitrogens with one attached hydrogen (secondary N) is 1. The Bertz CT molecular complexity index is 202. The first-order chi connectivity index (χ1) is 5.60. The molecule has 0 aromatic heterocycles. The number of amides is 1. The molecule has 2 nitrogen and oxygen atoms in total. The van der Waals surface area contributed by atoms with Gasteiger partial charge in [-0.2, -0.15) is 0 Å². The van der Waals surface area contributed by atoms with Gasteiger partial charge in [0.05, 0.1) is 0 Å². The molecular weight excluding hydrogens is 150 g/mol. The first-order valence-corrected chi connectivity index (χ1v) is 4.28. The van der Waals surface area contributed by atoms with Crippen molar-refractivity contribution in [1.29, 1.82) is 0 Å². The molecule has 0 atom stereocenters. The zero-order chi connectivity index (χ0) is 9.61. The summed E-state index contributed by atoms with van der Waals surface area (Å²) >= 11 is 0. The summed E-state index contributed by atoms with van der Waals surface area (Å²) in [6, 6.07) is 0. The van der Waals surface area contributed by atoms with Crippen molar-refractivity contribution in [3.8, 4) is 0 Å². The standard InChI is InChI=1S/C8H11NO.C2H6/c1-8(2)4-3-7(10)9-6-5-8;1-2/h3-6H,1-2H3,(H,9,10);1-2H3. The summed E-state index contributed by atoms with van der Waals surface area (Å²) in [5, 5.41) is 2.59. The van der Waals surface area contributed by atoms with E-state index >= 15 is 0 Å². The van der Waals surface area contributed by atoms with Gasteiger partial charge in [0.2, 0.25) is 5.91 Å². The molecule has 1 aliphatic heterocycles. The predicted molar refractivity (Wildman–Crippen MR) is 51.6 cm³/mol. The summed E-state index contributed by atoms with van der Waals surface area (Å²) in [5.41, 5.74) is -0.000833. The smallest absolute Gasteiger partial charge is 0.247 e. The summed E-state index contributed by atoms with van der Waals surface area (Å²) in [7, 11) is 0. The van der Waals surface area contributed by atoms with Crippen LogP contribution in [0.4, 0.5) is 0 Å². The molecule has 1 amide bonds. The number of rotatable bonds is 0. The van der Waals surface area contributed by atoms with E-state index in [9.17, 15) is 4.79 Å². The fraction of sp³-hybridized carbons (Fsp3) is 0.500. The first kappa shape index (κ1) is 11.0. The fourth-order valence-corrected chi connectivity index (χ4v) is 0.733. The SMILES string of the molecule is CC.CC1(C)C=CNC(=O)C=C1. The average Bonchev–Trinajstić information content (AvgIpc) is 2.17. The molecule has 0 saturated heterocycles. The highest BCUT2D eigenvalue weighted by Gasteiger charge is 2.11. The molecule has 0 spiro atoms. The largest absolute Gasteiger partial charge is 0.329 e. The van der Waals surface area contributed by atoms with Crippen LogP contribution in [0.1, 0.15) is 27.7 Å². The molecule has 0 saturated carbocycles. The van der Waals surface area contributed by atoms with E-state index in [-0.39, 0.29) is 11.3 Å². The summed E-state index contributed by atoms with van der Waals surface area (Å²) in [5.74, 6) is -0.0539. The van der Waals surface area contributed by atoms with Crippen LogP contribution in [0.3, 0.4) is 0 Å². The maximum atomic E-state index is 10.7. The Labute approximate surface area is 74.4 Å². The highest BCUT2D eigenvalue weighted by Crippen LogP contribution is 2.19. The summed E-state index contributed by atoms with van der Waals surface area (Å²) in [4.78, 5) is 10.7. The quantitative estimate of drug-likeness (QED) is 0.589. The Morgan fingerprint density at radius 2 is 1.83 bits per heavy atom. The summed E-state index contributed by atoms with van der Waals surface area (Å²) in [6.45, 7) is 8.08. The molecule has 1 N–H and O–H groups in total. The van der Waals surface area contributed by atoms with Gasteiger partial charge < -0.3 is 5.32 Å². The highest BCUT2D eigenvalue weighted by molar-refractivity contribution is 5.88. The van der Waals surface area contributed by atoms with E-state index in [2.05, 4.69) is 5.32 Å². The lowest BCUT2D eigenvalue weighted by Gasteiger charge is -2.11. The van der Waals surface area contributed by atoms with Crippen LogP contribution in [0.25, 0.3) is 0 Å². The average molecular weight is 167 g/mol. The number of carbonyl (C=O) groups excluding carboxylic acids is 1. The van der Waals surface area contributed by atoms with Crippen LogP contribution < -0.4 is 5.32 Å². The van der Waals surface area contributed by atoms with Crippen molar-refractivity contribution in [2.75, 3.05) is 0 Å². The van der Waals surface area contributed by atoms with E-state index < -0.39 is 0 Å². The van der Waals surface area contributed by atoms with Crippen molar-refractivity contribution < 1.29 is 4.79 Å². The van der Waals surface area contributed by atoms with Crippen molar-refractivity contribution in [1.82, 2.24) is 5.32 Å². The van der Waals surface area contributed by atoms with Crippen LogP contribution in [-0.4, -0.2) is 5.91 Å². The second-order valence-corrected chi connectivity index (χ2v) is 3.00. The lowest BCUT2D eigenvalue weighted by Crippen LogP contribution is -2.11. The maximum Gasteiger partial charge on any atom is 0.247 e. The summed E-state index contributed by atoms with van der Waals surface area (Å²) < 4.78 is 0. The number of hydrogen-bond acceptors (Lipinski definition) is 1. The molecule has 12 heavy (non-hydrogen) atoms. The van der Waals surface area contributed by atoms with Crippen molar-refractivity contribution >= 4 is 5.91 Å². The van der Waals surface area contributed by atoms with Crippen LogP contribution in [0, 0.1) is 5.41 Å². The zero-order valence-corrected chi connectivity index (χ0v) is 8.22. The molecule has 0 aliphatic carbocycles. The van der Waals surface area contributed by atoms with Crippen molar-refractivity contribution in [3.63, 3.8) is 0 Å². The van der Waals surface area contributed by atoms with Crippen LogP contribution in [0.15, 0.2) is 24.4 Å². The van der Waals surface area contributed by atoms with Gasteiger partial charge in [0.25, 0.3) is 0 Å². The van der Waals surface area contributed by atoms with E-state index in [1.165, 1.54) is 0 Å². The van der Waals surface area contributed by atoms with Gasteiger partial charge in [0.1, 0.15) is 0 Å². The molecule has 0 fully saturated rings. The fourth-order valence-electron chi connectivity index (χ4n) is 0.733. The second kappa shape index (κ2) is 4.75. The van der Waals surface area contributed by atoms with Crippen molar-refractivity contribution in [2.45, 2.75) is 27.7 Å². The van der Waals surface area contributed by atoms with Gasteiger partial charge in [0.15, 0.2) is 0 Å². The Hall–Kier alpha value is -1.05. The van der Waals surface area contributed by atoms with E-state index in [0.29, 0.717) is 0 Å². The number of allylic oxidation sites excluding steroid dienone is 2. The lowest BCUT2D eigenvalue weighted by atomic mass is 9.94. The molecule has 1 heterocycles. The molecule has 1 rings (SSSR count). The molecule has 0 bridgehead atoms. The molecule has 1 aliphatic rings. The van der Waals surface area contributed by atoms with Gasteiger partial charge in [-0.1, -0.05) is 39.8 Å². The number of carbonyl (C=O) groups is 1. The molecule has 0 unspecified atom stereocenters. The van der Waals surface area contributed by atoms with E-state index in [0.717, 1.165) is 0 Å². The van der Waals surface area contributed by atoms with Crippen molar-refractivity contribution in [3.05, 3.63) is 24.4 Å². The topological polar surface area (TPSA) is 29.1 Å². The van der Waals surface area contributed by atoms with E-state index in [4.69, 9.17) is 0 Å². The van der Waals surface area contributed by atoms with Crippen LogP contribution in [0.5, 0.6) is 0 Å². The third-order valence-corrected chi connectivity index (χ3v) is 1.40. The summed E-state index contributed by atoms with van der Waals surface area (Å²) in [6.07, 6.45) is 7.07. The third kappa shape index (κ3) is 3.96. The highest BCUT2D eigenvalue weighted by atomic mass is 16.1. The minimum atomic E-state index is -0.0539. The van der Waals surface area contributed by atoms with E-state index in [1.54, 1.807) is 12.3 Å². The van der Waals surface area contributed by atoms with E-state index in [1.807, 2.05) is 39.8 Å². The van der Waals surface area contributed by atoms with Crippen LogP contribution >= 0.6 is 0 Å². The second-order valence-electron chi connectivity index (χ2n) is 3.00. The molecule has 2 heteroatoms. The Balaban J connectivity index is 0.000000561. The van der Waals surface area contributed by atoms with Gasteiger partial charge >= 0.3 is 0 Å². The van der Waals surface area contributed by atoms with Gasteiger partial charge in [-0.3, -0.25) is 4.79 Å². The van der Waals surface area contributed by atoms with Crippen molar-refractivity contribution in [2.24, 2.45) is 5.41 Å². The van der Waals surface area contributed by atoms with Gasteiger partial charge in [-0.15, -0.1) is 0 Å². The minimum Gasteiger partial charge on any atom is -0.329 e. The Morgan fingerprint density at radius 3 is 2.42 bits per heavy atom. The van der Waals surface area contributed by atoms with Crippen LogP contribution in [-0.2, 0) is 4.79 Å². The van der Waals surface area contributed by atoms with Gasteiger partial charge in [0, 0.05) is 17.7 Å². The van der Waals surface area contributed by atoms with Crippen LogP contribution in [0.2, 0.25) is 0 Å². The van der Waals surface area contributed by atoms with Gasteiger partial charge in [-0.05, 0) is 0 Å². The molecule has 0 aromatic rings. The molecule has 0 aromatic carbocycles. The Morgan fingerprint density at radius 1 is 1.25 bits per heavy atom. The van der Waals surface area contributed by atoms with Gasteiger partial charge in [-0.25, -0.2) is 0 Å². The Kier molecular flexibility index (Phi) is 4.34. The first-order valence-electron chi connectivity index (χ1n) is 4.28. The molecular formula is C10H17NO. The normalized spacial score (nSPS) is 18.8. The monoisotopic (exact) mass is 167 g/mol. The number of hydrogen-bond donors (Lipinski definition) is 1. The molecule has 0 radical (unpaired) electrons. The lowest BCUT2D eigenvalue weighted by molar-refractivity contribution is -0.115. The zero-order valence-electron chi connectivity index (χ0n) is 8.22. The maximum absolute atomic E-state index is 10.7. The minimum absolute atomic E-state index is 0.000833. The predicted octanol–water partition coefficient (Wildman–Crippen LogP) is 2.24. The third-order valence-electron chi connectivity index (χ3n) is 1.40.